The molecular formula is C13H15ClN2S. The Labute approximate surface area is 111 Å². The highest BCUT2D eigenvalue weighted by Crippen LogP contribution is 2.28. The maximum Gasteiger partial charge on any atom is 0.147 e. The predicted molar refractivity (Wildman–Crippen MR) is 73.6 cm³/mol. The summed E-state index contributed by atoms with van der Waals surface area (Å²) < 4.78 is 0. The van der Waals surface area contributed by atoms with Crippen LogP contribution in [-0.4, -0.2) is 10.2 Å². The van der Waals surface area contributed by atoms with Crippen LogP contribution in [0, 0.1) is 0 Å². The molecule has 1 heterocycles. The minimum Gasteiger partial charge on any atom is -0.142 e. The summed E-state index contributed by atoms with van der Waals surface area (Å²) in [5, 5.41) is 9.95. The van der Waals surface area contributed by atoms with E-state index in [-0.39, 0.29) is 5.41 Å². The van der Waals surface area contributed by atoms with Crippen molar-refractivity contribution in [2.45, 2.75) is 32.1 Å². The second kappa shape index (κ2) is 4.75. The van der Waals surface area contributed by atoms with Crippen LogP contribution in [0.1, 0.15) is 31.3 Å². The molecule has 17 heavy (non-hydrogen) atoms. The molecule has 0 saturated heterocycles. The standard InChI is InChI=1S/C13H15ClN2S/c1-13(2,3)10-6-4-9(5-7-10)12-16-15-11(8-14)17-12/h4-7H,8H2,1-3H3. The summed E-state index contributed by atoms with van der Waals surface area (Å²) in [6, 6.07) is 8.49. The molecule has 0 fully saturated rings. The zero-order valence-electron chi connectivity index (χ0n) is 10.2. The van der Waals surface area contributed by atoms with Crippen LogP contribution in [0.15, 0.2) is 24.3 Å². The molecule has 0 aliphatic carbocycles. The predicted octanol–water partition coefficient (Wildman–Crippen LogP) is 4.24. The highest BCUT2D eigenvalue weighted by atomic mass is 35.5. The number of nitrogens with zero attached hydrogens (tertiary/aromatic N) is 2. The highest BCUT2D eigenvalue weighted by Gasteiger charge is 2.13. The lowest BCUT2D eigenvalue weighted by Crippen LogP contribution is -2.10. The number of aromatic nitrogens is 2. The molecule has 0 amide bonds. The van der Waals surface area contributed by atoms with Crippen molar-refractivity contribution >= 4 is 22.9 Å². The monoisotopic (exact) mass is 266 g/mol. The van der Waals surface area contributed by atoms with E-state index < -0.39 is 0 Å². The average Bonchev–Trinajstić information content (AvgIpc) is 2.76. The summed E-state index contributed by atoms with van der Waals surface area (Å²) in [5.41, 5.74) is 2.61. The molecule has 0 N–H and O–H groups in total. The van der Waals surface area contributed by atoms with Gasteiger partial charge in [0.1, 0.15) is 10.0 Å². The van der Waals surface area contributed by atoms with Gasteiger partial charge >= 0.3 is 0 Å². The normalized spacial score (nSPS) is 11.8. The fraction of sp³-hybridized carbons (Fsp3) is 0.385. The quantitative estimate of drug-likeness (QED) is 0.760. The van der Waals surface area contributed by atoms with Crippen LogP contribution in [-0.2, 0) is 11.3 Å². The molecule has 2 aromatic rings. The van der Waals surface area contributed by atoms with E-state index in [1.807, 2.05) is 0 Å². The molecule has 1 aromatic heterocycles. The minimum absolute atomic E-state index is 0.182. The van der Waals surface area contributed by atoms with E-state index >= 15 is 0 Å². The number of rotatable bonds is 2. The summed E-state index contributed by atoms with van der Waals surface area (Å²) in [6.45, 7) is 6.62. The Balaban J connectivity index is 2.29. The molecule has 2 nitrogen and oxygen atoms in total. The van der Waals surface area contributed by atoms with E-state index in [4.69, 9.17) is 11.6 Å². The highest BCUT2D eigenvalue weighted by molar-refractivity contribution is 7.14. The van der Waals surface area contributed by atoms with Gasteiger partial charge in [0.15, 0.2) is 0 Å². The smallest absolute Gasteiger partial charge is 0.142 e. The summed E-state index contributed by atoms with van der Waals surface area (Å²) in [6.07, 6.45) is 0. The van der Waals surface area contributed by atoms with Gasteiger partial charge in [-0.25, -0.2) is 0 Å². The first-order valence-electron chi connectivity index (χ1n) is 5.50. The maximum absolute atomic E-state index is 5.72. The van der Waals surface area contributed by atoms with Crippen LogP contribution in [0.2, 0.25) is 0 Å². The molecule has 2 rings (SSSR count). The Kier molecular flexibility index (Phi) is 3.50. The maximum atomic E-state index is 5.72. The first kappa shape index (κ1) is 12.5. The minimum atomic E-state index is 0.182. The number of benzene rings is 1. The Morgan fingerprint density at radius 1 is 1.12 bits per heavy atom. The molecule has 1 aromatic carbocycles. The largest absolute Gasteiger partial charge is 0.147 e. The van der Waals surface area contributed by atoms with Crippen LogP contribution in [0.4, 0.5) is 0 Å². The molecule has 0 spiro atoms. The van der Waals surface area contributed by atoms with Gasteiger partial charge < -0.3 is 0 Å². The number of halogens is 1. The van der Waals surface area contributed by atoms with Gasteiger partial charge in [-0.05, 0) is 11.0 Å². The van der Waals surface area contributed by atoms with Crippen molar-refractivity contribution in [3.05, 3.63) is 34.8 Å². The molecule has 0 radical (unpaired) electrons. The molecule has 0 aliphatic rings. The molecule has 0 unspecified atom stereocenters. The van der Waals surface area contributed by atoms with Crippen molar-refractivity contribution in [2.75, 3.05) is 0 Å². The van der Waals surface area contributed by atoms with Crippen LogP contribution in [0.3, 0.4) is 0 Å². The molecular weight excluding hydrogens is 252 g/mol. The topological polar surface area (TPSA) is 25.8 Å². The lowest BCUT2D eigenvalue weighted by Gasteiger charge is -2.18. The van der Waals surface area contributed by atoms with Crippen LogP contribution in [0.25, 0.3) is 10.6 Å². The fourth-order valence-corrected chi connectivity index (χ4v) is 2.45. The summed E-state index contributed by atoms with van der Waals surface area (Å²) >= 11 is 7.27. The number of hydrogen-bond acceptors (Lipinski definition) is 3. The first-order chi connectivity index (χ1) is 8.00. The molecule has 90 valence electrons. The first-order valence-corrected chi connectivity index (χ1v) is 6.85. The van der Waals surface area contributed by atoms with Crippen molar-refractivity contribution in [1.29, 1.82) is 0 Å². The number of hydrogen-bond donors (Lipinski definition) is 0. The van der Waals surface area contributed by atoms with Crippen LogP contribution >= 0.6 is 22.9 Å². The van der Waals surface area contributed by atoms with Gasteiger partial charge in [-0.2, -0.15) is 0 Å². The Morgan fingerprint density at radius 3 is 2.24 bits per heavy atom. The average molecular weight is 267 g/mol. The van der Waals surface area contributed by atoms with E-state index in [1.165, 1.54) is 5.56 Å². The zero-order valence-corrected chi connectivity index (χ0v) is 11.8. The molecule has 0 atom stereocenters. The summed E-state index contributed by atoms with van der Waals surface area (Å²) in [7, 11) is 0. The third kappa shape index (κ3) is 2.85. The van der Waals surface area contributed by atoms with E-state index in [9.17, 15) is 0 Å². The lowest BCUT2D eigenvalue weighted by atomic mass is 9.87. The van der Waals surface area contributed by atoms with Crippen molar-refractivity contribution in [1.82, 2.24) is 10.2 Å². The summed E-state index contributed by atoms with van der Waals surface area (Å²) in [5.74, 6) is 0.428. The zero-order chi connectivity index (χ0) is 12.5. The fourth-order valence-electron chi connectivity index (χ4n) is 1.54. The van der Waals surface area contributed by atoms with Gasteiger partial charge in [-0.15, -0.1) is 21.8 Å². The number of alkyl halides is 1. The molecule has 0 bridgehead atoms. The van der Waals surface area contributed by atoms with Gasteiger partial charge in [0.05, 0.1) is 5.88 Å². The van der Waals surface area contributed by atoms with Crippen LogP contribution < -0.4 is 0 Å². The van der Waals surface area contributed by atoms with E-state index in [2.05, 4.69) is 55.2 Å². The van der Waals surface area contributed by atoms with E-state index in [1.54, 1.807) is 11.3 Å². The molecule has 4 heteroatoms. The van der Waals surface area contributed by atoms with Crippen molar-refractivity contribution < 1.29 is 0 Å². The van der Waals surface area contributed by atoms with E-state index in [0.29, 0.717) is 5.88 Å². The molecule has 0 saturated carbocycles. The Morgan fingerprint density at radius 2 is 1.76 bits per heavy atom. The Bertz CT molecular complexity index is 497. The second-order valence-corrected chi connectivity index (χ2v) is 6.29. The van der Waals surface area contributed by atoms with Gasteiger partial charge in [-0.3, -0.25) is 0 Å². The van der Waals surface area contributed by atoms with Gasteiger partial charge in [0, 0.05) is 5.56 Å². The SMILES string of the molecule is CC(C)(C)c1ccc(-c2nnc(CCl)s2)cc1. The summed E-state index contributed by atoms with van der Waals surface area (Å²) in [4.78, 5) is 0. The van der Waals surface area contributed by atoms with Gasteiger partial charge in [-0.1, -0.05) is 56.4 Å². The third-order valence-corrected chi connectivity index (χ3v) is 3.96. The van der Waals surface area contributed by atoms with Gasteiger partial charge in [0.25, 0.3) is 0 Å². The van der Waals surface area contributed by atoms with E-state index in [0.717, 1.165) is 15.6 Å². The van der Waals surface area contributed by atoms with Crippen molar-refractivity contribution in [2.24, 2.45) is 0 Å². The van der Waals surface area contributed by atoms with Crippen molar-refractivity contribution in [3.8, 4) is 10.6 Å². The van der Waals surface area contributed by atoms with Crippen LogP contribution in [0.5, 0.6) is 0 Å². The van der Waals surface area contributed by atoms with Crippen molar-refractivity contribution in [3.63, 3.8) is 0 Å². The molecule has 0 aliphatic heterocycles. The van der Waals surface area contributed by atoms with Gasteiger partial charge in [0.2, 0.25) is 0 Å². The third-order valence-electron chi connectivity index (χ3n) is 2.58. The second-order valence-electron chi connectivity index (χ2n) is 4.96. The lowest BCUT2D eigenvalue weighted by molar-refractivity contribution is 0.590. The Hall–Kier alpha value is -0.930.